The number of carboxylic acids is 1. The average molecular weight is 457 g/mol. The van der Waals surface area contributed by atoms with E-state index in [1.807, 2.05) is 0 Å². The largest absolute Gasteiger partial charge is 0.481 e. The number of rotatable bonds is 6. The van der Waals surface area contributed by atoms with E-state index >= 15 is 0 Å². The summed E-state index contributed by atoms with van der Waals surface area (Å²) in [4.78, 5) is 50.1. The van der Waals surface area contributed by atoms with E-state index in [0.717, 1.165) is 11.8 Å². The van der Waals surface area contributed by atoms with Crippen molar-refractivity contribution in [3.05, 3.63) is 53.8 Å². The average Bonchev–Trinajstić information content (AvgIpc) is 3.14. The Balaban J connectivity index is 1.52. The first-order valence-electron chi connectivity index (χ1n) is 9.93. The quantitative estimate of drug-likeness (QED) is 0.611. The molecule has 166 valence electrons. The maximum absolute atomic E-state index is 14.2. The zero-order chi connectivity index (χ0) is 22.8. The van der Waals surface area contributed by atoms with Crippen LogP contribution in [0, 0.1) is 5.82 Å². The van der Waals surface area contributed by atoms with E-state index in [2.05, 4.69) is 10.6 Å². The first kappa shape index (κ1) is 21.8. The van der Waals surface area contributed by atoms with Gasteiger partial charge in [-0.3, -0.25) is 19.2 Å². The van der Waals surface area contributed by atoms with E-state index in [1.165, 1.54) is 11.0 Å². The fraction of sp³-hybridized carbons (Fsp3) is 0.273. The van der Waals surface area contributed by atoms with Gasteiger partial charge in [-0.2, -0.15) is 0 Å². The molecule has 0 aromatic heterocycles. The highest BCUT2D eigenvalue weighted by Gasteiger charge is 2.43. The van der Waals surface area contributed by atoms with Crippen molar-refractivity contribution in [1.82, 2.24) is 10.2 Å². The molecular formula is C22H20FN3O5S. The normalized spacial score (nSPS) is 19.6. The van der Waals surface area contributed by atoms with Crippen LogP contribution in [0.5, 0.6) is 0 Å². The lowest BCUT2D eigenvalue weighted by Gasteiger charge is -2.20. The summed E-state index contributed by atoms with van der Waals surface area (Å²) in [5.74, 6) is -2.72. The number of benzene rings is 2. The molecule has 1 saturated heterocycles. The summed E-state index contributed by atoms with van der Waals surface area (Å²) in [5, 5.41) is 14.2. The van der Waals surface area contributed by atoms with Crippen molar-refractivity contribution in [2.75, 3.05) is 23.4 Å². The lowest BCUT2D eigenvalue weighted by molar-refractivity contribution is -0.133. The molecule has 3 amide bonds. The first-order valence-corrected chi connectivity index (χ1v) is 11.1. The lowest BCUT2D eigenvalue weighted by Crippen LogP contribution is -2.41. The molecule has 2 aromatic carbocycles. The number of fused-ring (bicyclic) bond motifs is 2. The number of nitrogens with one attached hydrogen (secondary N) is 2. The number of carboxylic acid groups (broad SMARTS) is 1. The van der Waals surface area contributed by atoms with Gasteiger partial charge in [0.25, 0.3) is 5.91 Å². The van der Waals surface area contributed by atoms with Crippen molar-refractivity contribution in [3.8, 4) is 11.1 Å². The molecule has 4 rings (SSSR count). The highest BCUT2D eigenvalue weighted by Crippen LogP contribution is 2.33. The number of aliphatic carboxylic acids is 1. The molecule has 2 aliphatic heterocycles. The van der Waals surface area contributed by atoms with Crippen molar-refractivity contribution in [2.45, 2.75) is 18.5 Å². The van der Waals surface area contributed by atoms with Crippen LogP contribution in [0.25, 0.3) is 11.1 Å². The molecule has 1 fully saturated rings. The second-order valence-electron chi connectivity index (χ2n) is 7.59. The molecule has 0 saturated carbocycles. The second-order valence-corrected chi connectivity index (χ2v) is 8.58. The summed E-state index contributed by atoms with van der Waals surface area (Å²) in [5.41, 5.74) is 1.48. The fourth-order valence-corrected chi connectivity index (χ4v) is 4.52. The van der Waals surface area contributed by atoms with Gasteiger partial charge < -0.3 is 20.6 Å². The van der Waals surface area contributed by atoms with Crippen LogP contribution in [0.15, 0.2) is 42.5 Å². The molecule has 3 N–H and O–H groups in total. The van der Waals surface area contributed by atoms with Crippen molar-refractivity contribution < 1.29 is 28.7 Å². The fourth-order valence-electron chi connectivity index (χ4n) is 3.98. The second kappa shape index (κ2) is 8.99. The number of carbonyl (C=O) groups is 4. The summed E-state index contributed by atoms with van der Waals surface area (Å²) in [6, 6.07) is 9.86. The summed E-state index contributed by atoms with van der Waals surface area (Å²) < 4.78 is 14.2. The summed E-state index contributed by atoms with van der Waals surface area (Å²) in [7, 11) is 0. The number of thioether (sulfide) groups is 1. The molecule has 0 spiro atoms. The standard InChI is InChI=1S/C22H20FN3O5S/c23-16-4-2-1-3-14(16)12-5-6-17-15(7-12)22(31)26-9-13(8-18(26)21(30)25-17)24-19(27)10-32-11-20(28)29/h1-7,13,18H,8-11H2,(H,24,27)(H,25,30)(H,28,29). The minimum atomic E-state index is -1.01. The van der Waals surface area contributed by atoms with E-state index in [4.69, 9.17) is 5.11 Å². The number of nitrogens with zero attached hydrogens (tertiary/aromatic N) is 1. The molecular weight excluding hydrogens is 437 g/mol. The number of halogens is 1. The van der Waals surface area contributed by atoms with Crippen LogP contribution in [0.4, 0.5) is 10.1 Å². The molecule has 2 heterocycles. The van der Waals surface area contributed by atoms with Gasteiger partial charge in [-0.15, -0.1) is 11.8 Å². The van der Waals surface area contributed by atoms with Gasteiger partial charge in [-0.25, -0.2) is 4.39 Å². The van der Waals surface area contributed by atoms with E-state index < -0.39 is 23.9 Å². The highest BCUT2D eigenvalue weighted by atomic mass is 32.2. The first-order chi connectivity index (χ1) is 15.3. The van der Waals surface area contributed by atoms with Gasteiger partial charge in [0, 0.05) is 18.2 Å². The van der Waals surface area contributed by atoms with Gasteiger partial charge in [-0.05, 0) is 30.2 Å². The zero-order valence-corrected chi connectivity index (χ0v) is 17.7. The number of carbonyl (C=O) groups excluding carboxylic acids is 3. The minimum absolute atomic E-state index is 0.0254. The third kappa shape index (κ3) is 4.45. The molecule has 2 aliphatic rings. The zero-order valence-electron chi connectivity index (χ0n) is 16.8. The van der Waals surface area contributed by atoms with Gasteiger partial charge in [-0.1, -0.05) is 24.3 Å². The van der Waals surface area contributed by atoms with Crippen molar-refractivity contribution in [1.29, 1.82) is 0 Å². The molecule has 2 aromatic rings. The Labute approximate surface area is 187 Å². The van der Waals surface area contributed by atoms with E-state index in [0.29, 0.717) is 16.8 Å². The van der Waals surface area contributed by atoms with Crippen molar-refractivity contribution in [3.63, 3.8) is 0 Å². The van der Waals surface area contributed by atoms with Crippen LogP contribution in [-0.4, -0.2) is 63.8 Å². The molecule has 8 nitrogen and oxygen atoms in total. The van der Waals surface area contributed by atoms with Gasteiger partial charge in [0.2, 0.25) is 11.8 Å². The van der Waals surface area contributed by atoms with Gasteiger partial charge >= 0.3 is 5.97 Å². The molecule has 32 heavy (non-hydrogen) atoms. The Morgan fingerprint density at radius 2 is 1.94 bits per heavy atom. The van der Waals surface area contributed by atoms with Crippen LogP contribution in [-0.2, 0) is 14.4 Å². The summed E-state index contributed by atoms with van der Waals surface area (Å²) in [6.07, 6.45) is 0.251. The monoisotopic (exact) mass is 457 g/mol. The molecule has 0 aliphatic carbocycles. The smallest absolute Gasteiger partial charge is 0.313 e. The van der Waals surface area contributed by atoms with Crippen molar-refractivity contribution >= 4 is 41.1 Å². The van der Waals surface area contributed by atoms with Crippen LogP contribution < -0.4 is 10.6 Å². The highest BCUT2D eigenvalue weighted by molar-refractivity contribution is 8.00. The van der Waals surface area contributed by atoms with Crippen LogP contribution in [0.1, 0.15) is 16.8 Å². The van der Waals surface area contributed by atoms with Crippen LogP contribution in [0.2, 0.25) is 0 Å². The Kier molecular flexibility index (Phi) is 6.13. The minimum Gasteiger partial charge on any atom is -0.481 e. The number of amides is 3. The molecule has 2 atom stereocenters. The molecule has 10 heteroatoms. The van der Waals surface area contributed by atoms with Crippen molar-refractivity contribution in [2.24, 2.45) is 0 Å². The van der Waals surface area contributed by atoms with E-state index in [1.54, 1.807) is 36.4 Å². The Bertz CT molecular complexity index is 1110. The van der Waals surface area contributed by atoms with E-state index in [9.17, 15) is 23.6 Å². The predicted octanol–water partition coefficient (Wildman–Crippen LogP) is 1.96. The maximum Gasteiger partial charge on any atom is 0.313 e. The summed E-state index contributed by atoms with van der Waals surface area (Å²) in [6.45, 7) is 0.148. The van der Waals surface area contributed by atoms with Gasteiger partial charge in [0.1, 0.15) is 11.9 Å². The van der Waals surface area contributed by atoms with Gasteiger partial charge in [0.15, 0.2) is 0 Å². The molecule has 0 radical (unpaired) electrons. The Hall–Kier alpha value is -3.40. The maximum atomic E-state index is 14.2. The lowest BCUT2D eigenvalue weighted by atomic mass is 10.0. The molecule has 0 bridgehead atoms. The number of hydrogen-bond donors (Lipinski definition) is 3. The molecule has 2 unspecified atom stereocenters. The topological polar surface area (TPSA) is 116 Å². The third-order valence-corrected chi connectivity index (χ3v) is 6.30. The van der Waals surface area contributed by atoms with E-state index in [-0.39, 0.29) is 47.8 Å². The third-order valence-electron chi connectivity index (χ3n) is 5.38. The SMILES string of the molecule is O=C(O)CSCC(=O)NC1CC2C(=O)Nc3ccc(-c4ccccc4F)cc3C(=O)N2C1. The number of anilines is 1. The van der Waals surface area contributed by atoms with Crippen LogP contribution >= 0.6 is 11.8 Å². The Morgan fingerprint density at radius 3 is 2.69 bits per heavy atom. The predicted molar refractivity (Wildman–Crippen MR) is 117 cm³/mol. The van der Waals surface area contributed by atoms with Gasteiger partial charge in [0.05, 0.1) is 22.8 Å². The number of hydrogen-bond acceptors (Lipinski definition) is 5. The Morgan fingerprint density at radius 1 is 1.16 bits per heavy atom. The van der Waals surface area contributed by atoms with Crippen LogP contribution in [0.3, 0.4) is 0 Å². The summed E-state index contributed by atoms with van der Waals surface area (Å²) >= 11 is 0.972.